The molecule has 0 aromatic heterocycles. The van der Waals surface area contributed by atoms with Crippen LogP contribution in [0.1, 0.15) is 12.5 Å². The van der Waals surface area contributed by atoms with Gasteiger partial charge in [0.05, 0.1) is 0 Å². The van der Waals surface area contributed by atoms with Crippen LogP contribution < -0.4 is 0 Å². The summed E-state index contributed by atoms with van der Waals surface area (Å²) in [6.07, 6.45) is 0.220. The number of ketones is 1. The lowest BCUT2D eigenvalue weighted by Crippen LogP contribution is -2.00. The van der Waals surface area contributed by atoms with E-state index in [-0.39, 0.29) is 28.9 Å². The normalized spacial score (nSPS) is 11.6. The molecule has 0 saturated heterocycles. The van der Waals surface area contributed by atoms with Gasteiger partial charge >= 0.3 is 5.51 Å². The van der Waals surface area contributed by atoms with E-state index < -0.39 is 5.51 Å². The van der Waals surface area contributed by atoms with Gasteiger partial charge in [-0.05, 0) is 36.4 Å². The van der Waals surface area contributed by atoms with Crippen LogP contribution in [0.3, 0.4) is 0 Å². The molecule has 0 unspecified atom stereocenters. The first kappa shape index (κ1) is 13.6. The van der Waals surface area contributed by atoms with Gasteiger partial charge in [-0.25, -0.2) is 0 Å². The van der Waals surface area contributed by atoms with Crippen molar-refractivity contribution < 1.29 is 18.0 Å². The highest BCUT2D eigenvalue weighted by Gasteiger charge is 2.29. The van der Waals surface area contributed by atoms with Crippen molar-refractivity contribution in [1.82, 2.24) is 0 Å². The molecule has 16 heavy (non-hydrogen) atoms. The average molecular weight is 313 g/mol. The zero-order chi connectivity index (χ0) is 12.3. The minimum Gasteiger partial charge on any atom is -0.300 e. The molecule has 0 atom stereocenters. The van der Waals surface area contributed by atoms with Crippen molar-refractivity contribution in [1.29, 1.82) is 0 Å². The molecule has 0 aliphatic rings. The summed E-state index contributed by atoms with van der Waals surface area (Å²) in [7, 11) is 0. The summed E-state index contributed by atoms with van der Waals surface area (Å²) in [6.45, 7) is 1.44. The van der Waals surface area contributed by atoms with Crippen molar-refractivity contribution in [3.05, 3.63) is 28.2 Å². The van der Waals surface area contributed by atoms with Gasteiger partial charge in [-0.15, -0.1) is 0 Å². The van der Waals surface area contributed by atoms with Crippen LogP contribution in [0, 0.1) is 0 Å². The zero-order valence-electron chi connectivity index (χ0n) is 8.27. The van der Waals surface area contributed by atoms with E-state index in [2.05, 4.69) is 15.9 Å². The Kier molecular flexibility index (Phi) is 4.43. The number of alkyl halides is 3. The second kappa shape index (κ2) is 5.23. The minimum absolute atomic E-state index is 0.0306. The van der Waals surface area contributed by atoms with Gasteiger partial charge in [0.1, 0.15) is 5.78 Å². The molecule has 88 valence electrons. The number of thioether (sulfide) groups is 1. The van der Waals surface area contributed by atoms with E-state index in [4.69, 9.17) is 0 Å². The Bertz CT molecular complexity index is 404. The number of hydrogen-bond donors (Lipinski definition) is 0. The largest absolute Gasteiger partial charge is 0.446 e. The molecule has 0 aliphatic carbocycles. The number of halogens is 4. The summed E-state index contributed by atoms with van der Waals surface area (Å²) in [5.74, 6) is -0.0306. The van der Waals surface area contributed by atoms with Crippen LogP contribution in [0.4, 0.5) is 13.2 Å². The summed E-state index contributed by atoms with van der Waals surface area (Å²) >= 11 is 2.98. The molecule has 1 nitrogen and oxygen atoms in total. The molecule has 0 radical (unpaired) electrons. The number of hydrogen-bond acceptors (Lipinski definition) is 2. The molecule has 6 heteroatoms. The fourth-order valence-electron chi connectivity index (χ4n) is 1.14. The summed E-state index contributed by atoms with van der Waals surface area (Å²) in [5, 5.41) is 0. The third-order valence-corrected chi connectivity index (χ3v) is 3.16. The quantitative estimate of drug-likeness (QED) is 0.778. The first-order valence-corrected chi connectivity index (χ1v) is 5.92. The minimum atomic E-state index is -4.29. The first-order chi connectivity index (χ1) is 7.28. The van der Waals surface area contributed by atoms with Crippen LogP contribution in [0.2, 0.25) is 0 Å². The van der Waals surface area contributed by atoms with Gasteiger partial charge in [0.25, 0.3) is 0 Å². The maximum absolute atomic E-state index is 12.1. The van der Waals surface area contributed by atoms with Gasteiger partial charge in [0, 0.05) is 15.8 Å². The molecular weight excluding hydrogens is 305 g/mol. The Labute approximate surface area is 104 Å². The second-order valence-corrected chi connectivity index (χ2v) is 5.17. The van der Waals surface area contributed by atoms with Crippen molar-refractivity contribution in [2.24, 2.45) is 0 Å². The van der Waals surface area contributed by atoms with Gasteiger partial charge in [0.2, 0.25) is 0 Å². The molecule has 0 bridgehead atoms. The van der Waals surface area contributed by atoms with E-state index in [0.717, 1.165) is 0 Å². The molecule has 0 heterocycles. The van der Waals surface area contributed by atoms with Crippen molar-refractivity contribution >= 4 is 33.5 Å². The topological polar surface area (TPSA) is 17.1 Å². The van der Waals surface area contributed by atoms with E-state index in [0.29, 0.717) is 10.0 Å². The monoisotopic (exact) mass is 312 g/mol. The average Bonchev–Trinajstić information content (AvgIpc) is 2.06. The summed E-state index contributed by atoms with van der Waals surface area (Å²) in [6, 6.07) is 4.26. The fourth-order valence-corrected chi connectivity index (χ4v) is 2.39. The molecular formula is C10H8BrF3OS. The van der Waals surface area contributed by atoms with Gasteiger partial charge < -0.3 is 0 Å². The Morgan fingerprint density at radius 3 is 2.50 bits per heavy atom. The molecule has 0 N–H and O–H groups in total. The molecule has 0 aliphatic heterocycles. The Morgan fingerprint density at radius 2 is 2.06 bits per heavy atom. The van der Waals surface area contributed by atoms with Crippen LogP contribution in [-0.4, -0.2) is 11.3 Å². The maximum Gasteiger partial charge on any atom is 0.446 e. The van der Waals surface area contributed by atoms with Gasteiger partial charge in [-0.3, -0.25) is 4.79 Å². The predicted molar refractivity (Wildman–Crippen MR) is 60.4 cm³/mol. The Morgan fingerprint density at radius 1 is 1.44 bits per heavy atom. The van der Waals surface area contributed by atoms with Gasteiger partial charge in [-0.1, -0.05) is 22.0 Å². The molecule has 0 fully saturated rings. The second-order valence-electron chi connectivity index (χ2n) is 3.18. The SMILES string of the molecule is CC(=O)Cc1ccc(SC(F)(F)F)cc1Br. The van der Waals surface area contributed by atoms with Crippen LogP contribution in [-0.2, 0) is 11.2 Å². The third-order valence-electron chi connectivity index (χ3n) is 1.70. The lowest BCUT2D eigenvalue weighted by molar-refractivity contribution is -0.116. The zero-order valence-corrected chi connectivity index (χ0v) is 10.7. The van der Waals surface area contributed by atoms with E-state index in [1.165, 1.54) is 25.1 Å². The highest BCUT2D eigenvalue weighted by Crippen LogP contribution is 2.38. The molecule has 1 rings (SSSR count). The number of benzene rings is 1. The number of carbonyl (C=O) groups excluding carboxylic acids is 1. The van der Waals surface area contributed by atoms with Gasteiger partial charge in [-0.2, -0.15) is 13.2 Å². The van der Waals surface area contributed by atoms with Crippen molar-refractivity contribution in [3.63, 3.8) is 0 Å². The lowest BCUT2D eigenvalue weighted by Gasteiger charge is -2.08. The predicted octanol–water partition coefficient (Wildman–Crippen LogP) is 4.19. The van der Waals surface area contributed by atoms with E-state index in [9.17, 15) is 18.0 Å². The van der Waals surface area contributed by atoms with Crippen LogP contribution in [0.5, 0.6) is 0 Å². The third kappa shape index (κ3) is 4.57. The van der Waals surface area contributed by atoms with Gasteiger partial charge in [0.15, 0.2) is 0 Å². The smallest absolute Gasteiger partial charge is 0.300 e. The van der Waals surface area contributed by atoms with E-state index in [1.54, 1.807) is 0 Å². The maximum atomic E-state index is 12.1. The summed E-state index contributed by atoms with van der Waals surface area (Å²) < 4.78 is 36.8. The molecule has 1 aromatic rings. The standard InChI is InChI=1S/C10H8BrF3OS/c1-6(15)4-7-2-3-8(5-9(7)11)16-10(12,13)14/h2-3,5H,4H2,1H3. The highest BCUT2D eigenvalue weighted by atomic mass is 79.9. The summed E-state index contributed by atoms with van der Waals surface area (Å²) in [5.41, 5.74) is -3.60. The van der Waals surface area contributed by atoms with Crippen LogP contribution in [0.25, 0.3) is 0 Å². The van der Waals surface area contributed by atoms with Crippen molar-refractivity contribution in [2.45, 2.75) is 23.7 Å². The highest BCUT2D eigenvalue weighted by molar-refractivity contribution is 9.10. The number of rotatable bonds is 3. The summed E-state index contributed by atoms with van der Waals surface area (Å²) in [4.78, 5) is 11.0. The molecule has 1 aromatic carbocycles. The number of carbonyl (C=O) groups is 1. The lowest BCUT2D eigenvalue weighted by atomic mass is 10.1. The van der Waals surface area contributed by atoms with E-state index in [1.807, 2.05) is 0 Å². The van der Waals surface area contributed by atoms with Crippen LogP contribution in [0.15, 0.2) is 27.6 Å². The van der Waals surface area contributed by atoms with Crippen molar-refractivity contribution in [2.75, 3.05) is 0 Å². The Balaban J connectivity index is 2.87. The van der Waals surface area contributed by atoms with E-state index >= 15 is 0 Å². The van der Waals surface area contributed by atoms with Crippen molar-refractivity contribution in [3.8, 4) is 0 Å². The first-order valence-electron chi connectivity index (χ1n) is 4.31. The Hall–Kier alpha value is -0.490. The molecule has 0 amide bonds. The number of Topliss-reactive ketones (excluding diaryl/α,β-unsaturated/α-hetero) is 1. The molecule has 0 saturated carbocycles. The fraction of sp³-hybridized carbons (Fsp3) is 0.300. The van der Waals surface area contributed by atoms with Crippen LogP contribution >= 0.6 is 27.7 Å². The molecule has 0 spiro atoms.